The van der Waals surface area contributed by atoms with Crippen LogP contribution in [0, 0.1) is 0 Å². The minimum Gasteiger partial charge on any atom is -0.478 e. The van der Waals surface area contributed by atoms with E-state index in [1.165, 1.54) is 0 Å². The molecule has 6 heteroatoms. The van der Waals surface area contributed by atoms with Crippen molar-refractivity contribution in [1.82, 2.24) is 20.2 Å². The summed E-state index contributed by atoms with van der Waals surface area (Å²) in [4.78, 5) is 10.8. The third-order valence-corrected chi connectivity index (χ3v) is 2.44. The molecular formula is C11H12N4O2. The standard InChI is InChI=1S/C11H12N4O2/c1-2-15-10(12-13-14-15)7-8-4-3-5-9(6-8)11(16)17/h3-6H,2,7H2,1H3,(H,16,17). The number of tetrazole rings is 1. The first-order valence-electron chi connectivity index (χ1n) is 5.28. The highest BCUT2D eigenvalue weighted by atomic mass is 16.4. The summed E-state index contributed by atoms with van der Waals surface area (Å²) in [6, 6.07) is 6.78. The highest BCUT2D eigenvalue weighted by molar-refractivity contribution is 5.87. The summed E-state index contributed by atoms with van der Waals surface area (Å²) in [5, 5.41) is 20.2. The first-order valence-corrected chi connectivity index (χ1v) is 5.28. The van der Waals surface area contributed by atoms with Gasteiger partial charge in [0.1, 0.15) is 0 Å². The van der Waals surface area contributed by atoms with Gasteiger partial charge in [-0.1, -0.05) is 12.1 Å². The van der Waals surface area contributed by atoms with Crippen molar-refractivity contribution in [3.63, 3.8) is 0 Å². The Morgan fingerprint density at radius 2 is 2.29 bits per heavy atom. The second-order valence-electron chi connectivity index (χ2n) is 3.59. The maximum Gasteiger partial charge on any atom is 0.335 e. The Morgan fingerprint density at radius 1 is 1.47 bits per heavy atom. The van der Waals surface area contributed by atoms with Crippen LogP contribution in [-0.4, -0.2) is 31.3 Å². The minimum atomic E-state index is -0.929. The van der Waals surface area contributed by atoms with Gasteiger partial charge in [-0.25, -0.2) is 9.48 Å². The van der Waals surface area contributed by atoms with E-state index in [-0.39, 0.29) is 5.56 Å². The predicted octanol–water partition coefficient (Wildman–Crippen LogP) is 0.982. The molecule has 2 aromatic rings. The van der Waals surface area contributed by atoms with Crippen molar-refractivity contribution in [1.29, 1.82) is 0 Å². The molecule has 88 valence electrons. The summed E-state index contributed by atoms with van der Waals surface area (Å²) in [6.45, 7) is 2.65. The lowest BCUT2D eigenvalue weighted by Crippen LogP contribution is -2.05. The molecule has 0 aliphatic carbocycles. The van der Waals surface area contributed by atoms with Crippen molar-refractivity contribution in [3.05, 3.63) is 41.2 Å². The smallest absolute Gasteiger partial charge is 0.335 e. The normalized spacial score (nSPS) is 10.4. The fraction of sp³-hybridized carbons (Fsp3) is 0.273. The van der Waals surface area contributed by atoms with E-state index in [0.717, 1.165) is 11.4 Å². The summed E-state index contributed by atoms with van der Waals surface area (Å²) in [5.74, 6) is -0.197. The van der Waals surface area contributed by atoms with Crippen LogP contribution in [0.3, 0.4) is 0 Å². The van der Waals surface area contributed by atoms with Crippen molar-refractivity contribution >= 4 is 5.97 Å². The van der Waals surface area contributed by atoms with Crippen molar-refractivity contribution in [2.24, 2.45) is 0 Å². The highest BCUT2D eigenvalue weighted by Crippen LogP contribution is 2.09. The van der Waals surface area contributed by atoms with Crippen LogP contribution in [0.2, 0.25) is 0 Å². The molecule has 0 aliphatic heterocycles. The Hall–Kier alpha value is -2.24. The second-order valence-corrected chi connectivity index (χ2v) is 3.59. The molecule has 0 spiro atoms. The van der Waals surface area contributed by atoms with Crippen LogP contribution in [-0.2, 0) is 13.0 Å². The van der Waals surface area contributed by atoms with Crippen LogP contribution in [0.5, 0.6) is 0 Å². The van der Waals surface area contributed by atoms with Crippen LogP contribution in [0.25, 0.3) is 0 Å². The van der Waals surface area contributed by atoms with E-state index in [2.05, 4.69) is 15.5 Å². The topological polar surface area (TPSA) is 80.9 Å². The number of carboxylic acid groups (broad SMARTS) is 1. The van der Waals surface area contributed by atoms with E-state index in [1.807, 2.05) is 13.0 Å². The zero-order valence-corrected chi connectivity index (χ0v) is 9.37. The molecule has 0 saturated heterocycles. The largest absolute Gasteiger partial charge is 0.478 e. The maximum atomic E-state index is 10.8. The van der Waals surface area contributed by atoms with Gasteiger partial charge in [-0.3, -0.25) is 0 Å². The average molecular weight is 232 g/mol. The maximum absolute atomic E-state index is 10.8. The number of carboxylic acids is 1. The lowest BCUT2D eigenvalue weighted by Gasteiger charge is -2.02. The molecule has 0 fully saturated rings. The van der Waals surface area contributed by atoms with Gasteiger partial charge in [-0.2, -0.15) is 0 Å². The first-order chi connectivity index (χ1) is 8.20. The van der Waals surface area contributed by atoms with Crippen LogP contribution < -0.4 is 0 Å². The van der Waals surface area contributed by atoms with Gasteiger partial charge in [-0.05, 0) is 35.0 Å². The molecule has 1 heterocycles. The average Bonchev–Trinajstić information content (AvgIpc) is 2.76. The van der Waals surface area contributed by atoms with E-state index in [4.69, 9.17) is 5.11 Å². The highest BCUT2D eigenvalue weighted by Gasteiger charge is 2.08. The lowest BCUT2D eigenvalue weighted by molar-refractivity contribution is 0.0697. The van der Waals surface area contributed by atoms with E-state index in [1.54, 1.807) is 22.9 Å². The molecule has 0 saturated carbocycles. The van der Waals surface area contributed by atoms with E-state index < -0.39 is 5.97 Å². The SMILES string of the molecule is CCn1nnnc1Cc1cccc(C(=O)O)c1. The van der Waals surface area contributed by atoms with Gasteiger partial charge in [0.25, 0.3) is 0 Å². The van der Waals surface area contributed by atoms with Crippen molar-refractivity contribution in [3.8, 4) is 0 Å². The zero-order valence-electron chi connectivity index (χ0n) is 9.37. The molecule has 0 aliphatic rings. The Morgan fingerprint density at radius 3 is 3.00 bits per heavy atom. The predicted molar refractivity (Wildman–Crippen MR) is 59.7 cm³/mol. The molecular weight excluding hydrogens is 220 g/mol. The van der Waals surface area contributed by atoms with Gasteiger partial charge in [0.15, 0.2) is 5.82 Å². The minimum absolute atomic E-state index is 0.276. The summed E-state index contributed by atoms with van der Waals surface area (Å²) in [5.41, 5.74) is 1.16. The Kier molecular flexibility index (Phi) is 3.13. The first kappa shape index (κ1) is 11.3. The molecule has 6 nitrogen and oxygen atoms in total. The van der Waals surface area contributed by atoms with Crippen molar-refractivity contribution in [2.75, 3.05) is 0 Å². The number of aryl methyl sites for hydroxylation is 1. The molecule has 0 unspecified atom stereocenters. The number of carbonyl (C=O) groups is 1. The summed E-state index contributed by atoms with van der Waals surface area (Å²) >= 11 is 0. The van der Waals surface area contributed by atoms with E-state index in [9.17, 15) is 4.79 Å². The summed E-state index contributed by atoms with van der Waals surface area (Å²) in [6.07, 6.45) is 0.530. The third kappa shape index (κ3) is 2.47. The summed E-state index contributed by atoms with van der Waals surface area (Å²) < 4.78 is 1.69. The van der Waals surface area contributed by atoms with Gasteiger partial charge in [0.2, 0.25) is 0 Å². The number of rotatable bonds is 4. The number of nitrogens with zero attached hydrogens (tertiary/aromatic N) is 4. The molecule has 2 rings (SSSR count). The summed E-state index contributed by atoms with van der Waals surface area (Å²) in [7, 11) is 0. The van der Waals surface area contributed by atoms with Gasteiger partial charge in [-0.15, -0.1) is 5.10 Å². The zero-order chi connectivity index (χ0) is 12.3. The van der Waals surface area contributed by atoms with E-state index in [0.29, 0.717) is 13.0 Å². The number of benzene rings is 1. The van der Waals surface area contributed by atoms with Crippen LogP contribution >= 0.6 is 0 Å². The molecule has 0 radical (unpaired) electrons. The molecule has 0 amide bonds. The molecule has 0 atom stereocenters. The third-order valence-electron chi connectivity index (χ3n) is 2.44. The Labute approximate surface area is 97.9 Å². The quantitative estimate of drug-likeness (QED) is 0.849. The molecule has 1 aromatic heterocycles. The van der Waals surface area contributed by atoms with Gasteiger partial charge in [0, 0.05) is 13.0 Å². The van der Waals surface area contributed by atoms with Crippen molar-refractivity contribution in [2.45, 2.75) is 19.9 Å². The van der Waals surface area contributed by atoms with Gasteiger partial charge in [0.05, 0.1) is 5.56 Å². The number of aromatic nitrogens is 4. The van der Waals surface area contributed by atoms with Crippen LogP contribution in [0.15, 0.2) is 24.3 Å². The lowest BCUT2D eigenvalue weighted by atomic mass is 10.1. The van der Waals surface area contributed by atoms with Gasteiger partial charge >= 0.3 is 5.97 Å². The molecule has 1 N–H and O–H groups in total. The fourth-order valence-corrected chi connectivity index (χ4v) is 1.59. The number of hydrogen-bond donors (Lipinski definition) is 1. The monoisotopic (exact) mass is 232 g/mol. The number of hydrogen-bond acceptors (Lipinski definition) is 4. The molecule has 1 aromatic carbocycles. The van der Waals surface area contributed by atoms with Crippen molar-refractivity contribution < 1.29 is 9.90 Å². The Balaban J connectivity index is 2.24. The van der Waals surface area contributed by atoms with Gasteiger partial charge < -0.3 is 5.11 Å². The van der Waals surface area contributed by atoms with E-state index >= 15 is 0 Å². The number of aromatic carboxylic acids is 1. The fourth-order valence-electron chi connectivity index (χ4n) is 1.59. The molecule has 17 heavy (non-hydrogen) atoms. The second kappa shape index (κ2) is 4.73. The van der Waals surface area contributed by atoms with Crippen LogP contribution in [0.4, 0.5) is 0 Å². The molecule has 0 bridgehead atoms. The Bertz CT molecular complexity index is 536. The van der Waals surface area contributed by atoms with Crippen LogP contribution in [0.1, 0.15) is 28.7 Å².